The van der Waals surface area contributed by atoms with E-state index in [-0.39, 0.29) is 26.4 Å². The molecule has 4 fully saturated rings. The van der Waals surface area contributed by atoms with Crippen LogP contribution < -0.4 is 0 Å². The number of ketones is 2. The van der Waals surface area contributed by atoms with Gasteiger partial charge in [-0.2, -0.15) is 0 Å². The molecule has 4 heteroatoms. The molecule has 4 rings (SSSR count). The molecule has 0 aromatic heterocycles. The van der Waals surface area contributed by atoms with Gasteiger partial charge < -0.3 is 0 Å². The lowest BCUT2D eigenvalue weighted by Gasteiger charge is -2.25. The Kier molecular flexibility index (Phi) is 1.70. The fraction of sp³-hybridized carbons (Fsp3) is 0.833. The average molecular weight is 348 g/mol. The van der Waals surface area contributed by atoms with Crippen LogP contribution in [0.15, 0.2) is 0 Å². The van der Waals surface area contributed by atoms with E-state index in [1.807, 2.05) is 0 Å². The Morgan fingerprint density at radius 1 is 0.938 bits per heavy atom. The topological polar surface area (TPSA) is 34.1 Å². The third kappa shape index (κ3) is 0.798. The van der Waals surface area contributed by atoms with Gasteiger partial charge in [0.1, 0.15) is 0 Å². The van der Waals surface area contributed by atoms with Crippen LogP contribution >= 0.6 is 31.9 Å². The summed E-state index contributed by atoms with van der Waals surface area (Å²) in [5, 5.41) is 0. The number of Topliss-reactive ketones (excluding diaryl/α,β-unsaturated/α-hetero) is 2. The van der Waals surface area contributed by atoms with E-state index in [1.165, 1.54) is 0 Å². The highest BCUT2D eigenvalue weighted by molar-refractivity contribution is 9.11. The third-order valence-electron chi connectivity index (χ3n) is 5.43. The number of alkyl halides is 2. The predicted octanol–water partition coefficient (Wildman–Crippen LogP) is 2.47. The van der Waals surface area contributed by atoms with E-state index in [2.05, 4.69) is 31.9 Å². The van der Waals surface area contributed by atoms with Gasteiger partial charge in [-0.05, 0) is 31.6 Å². The third-order valence-corrected chi connectivity index (χ3v) is 8.00. The second kappa shape index (κ2) is 2.66. The van der Waals surface area contributed by atoms with Crippen molar-refractivity contribution in [2.24, 2.45) is 23.7 Å². The van der Waals surface area contributed by atoms with Crippen LogP contribution in [0.2, 0.25) is 0 Å². The van der Waals surface area contributed by atoms with E-state index in [0.29, 0.717) is 17.5 Å². The number of hydrogen-bond donors (Lipinski definition) is 0. The van der Waals surface area contributed by atoms with Crippen molar-refractivity contribution < 1.29 is 9.59 Å². The van der Waals surface area contributed by atoms with Gasteiger partial charge in [0.2, 0.25) is 0 Å². The van der Waals surface area contributed by atoms with Crippen molar-refractivity contribution in [1.82, 2.24) is 0 Å². The van der Waals surface area contributed by atoms with Gasteiger partial charge in [0, 0.05) is 17.8 Å². The minimum Gasteiger partial charge on any atom is -0.298 e. The Morgan fingerprint density at radius 3 is 1.81 bits per heavy atom. The van der Waals surface area contributed by atoms with E-state index in [1.54, 1.807) is 0 Å². The second-order valence-electron chi connectivity index (χ2n) is 5.80. The largest absolute Gasteiger partial charge is 0.298 e. The van der Waals surface area contributed by atoms with Gasteiger partial charge >= 0.3 is 0 Å². The van der Waals surface area contributed by atoms with Gasteiger partial charge in [-0.3, -0.25) is 9.59 Å². The molecule has 0 bridgehead atoms. The molecule has 0 aliphatic heterocycles. The van der Waals surface area contributed by atoms with Crippen LogP contribution in [0.4, 0.5) is 0 Å². The summed E-state index contributed by atoms with van der Waals surface area (Å²) in [6, 6.07) is 0. The Labute approximate surface area is 111 Å². The van der Waals surface area contributed by atoms with Crippen molar-refractivity contribution in [1.29, 1.82) is 0 Å². The quantitative estimate of drug-likeness (QED) is 0.631. The van der Waals surface area contributed by atoms with Crippen LogP contribution in [-0.4, -0.2) is 20.2 Å². The minimum absolute atomic E-state index is 0.165. The van der Waals surface area contributed by atoms with E-state index in [0.717, 1.165) is 25.7 Å². The highest BCUT2D eigenvalue weighted by atomic mass is 79.9. The molecule has 0 radical (unpaired) electrons. The predicted molar refractivity (Wildman–Crippen MR) is 65.8 cm³/mol. The van der Waals surface area contributed by atoms with Crippen LogP contribution in [0, 0.1) is 23.7 Å². The number of carbonyl (C=O) groups is 2. The van der Waals surface area contributed by atoms with Crippen molar-refractivity contribution in [2.45, 2.75) is 34.3 Å². The van der Waals surface area contributed by atoms with Gasteiger partial charge in [0.05, 0.1) is 8.65 Å². The maximum Gasteiger partial charge on any atom is 0.153 e. The van der Waals surface area contributed by atoms with Crippen LogP contribution in [0.25, 0.3) is 0 Å². The minimum atomic E-state index is -0.378. The summed E-state index contributed by atoms with van der Waals surface area (Å²) in [6.45, 7) is 0. The maximum absolute atomic E-state index is 12.4. The molecule has 0 amide bonds. The number of halogens is 2. The SMILES string of the molecule is O=C1[C@@H]2CC[C@@H]3C(=O)[C@@]4(Br)CC[C@]1(Br)C4C32. The molecule has 0 aromatic rings. The van der Waals surface area contributed by atoms with Crippen molar-refractivity contribution >= 4 is 43.4 Å². The number of carbonyl (C=O) groups excluding carboxylic acids is 2. The Hall–Kier alpha value is 0.300. The van der Waals surface area contributed by atoms with E-state index in [4.69, 9.17) is 0 Å². The summed E-state index contributed by atoms with van der Waals surface area (Å²) in [6.07, 6.45) is 3.53. The van der Waals surface area contributed by atoms with Gasteiger partial charge in [-0.15, -0.1) is 0 Å². The summed E-state index contributed by atoms with van der Waals surface area (Å²) in [4.78, 5) is 24.9. The standard InChI is InChI=1S/C12H12Br2O2/c13-11-3-4-12(14)8(11)7-5(9(11)15)1-2-6(7)10(12)16/h5-8H,1-4H2/t5-,6+,7?,8?,11+,12-. The van der Waals surface area contributed by atoms with Gasteiger partial charge in [-0.25, -0.2) is 0 Å². The first-order valence-corrected chi connectivity index (χ1v) is 7.55. The highest BCUT2D eigenvalue weighted by Crippen LogP contribution is 2.72. The van der Waals surface area contributed by atoms with E-state index < -0.39 is 0 Å². The Balaban J connectivity index is 1.97. The highest BCUT2D eigenvalue weighted by Gasteiger charge is 2.78. The van der Waals surface area contributed by atoms with Crippen molar-refractivity contribution in [2.75, 3.05) is 0 Å². The average Bonchev–Trinajstić information content (AvgIpc) is 2.87. The first-order valence-electron chi connectivity index (χ1n) is 5.96. The maximum atomic E-state index is 12.4. The molecule has 4 aliphatic rings. The van der Waals surface area contributed by atoms with Crippen LogP contribution in [0.3, 0.4) is 0 Å². The van der Waals surface area contributed by atoms with Crippen molar-refractivity contribution in [3.8, 4) is 0 Å². The fourth-order valence-electron chi connectivity index (χ4n) is 4.92. The molecule has 2 nitrogen and oxygen atoms in total. The van der Waals surface area contributed by atoms with Crippen LogP contribution in [-0.2, 0) is 9.59 Å². The zero-order valence-electron chi connectivity index (χ0n) is 8.71. The number of rotatable bonds is 0. The summed E-state index contributed by atoms with van der Waals surface area (Å²) in [5.41, 5.74) is 0. The lowest BCUT2D eigenvalue weighted by Crippen LogP contribution is -2.37. The molecule has 0 heterocycles. The normalized spacial score (nSPS) is 62.1. The summed E-state index contributed by atoms with van der Waals surface area (Å²) in [5.74, 6) is 1.66. The lowest BCUT2D eigenvalue weighted by molar-refractivity contribution is -0.123. The second-order valence-corrected chi connectivity index (χ2v) is 8.63. The molecule has 2 unspecified atom stereocenters. The zero-order chi connectivity index (χ0) is 11.3. The first kappa shape index (κ1) is 10.2. The first-order chi connectivity index (χ1) is 7.50. The molecule has 16 heavy (non-hydrogen) atoms. The van der Waals surface area contributed by atoms with Crippen LogP contribution in [0.5, 0.6) is 0 Å². The van der Waals surface area contributed by atoms with E-state index >= 15 is 0 Å². The van der Waals surface area contributed by atoms with E-state index in [9.17, 15) is 9.59 Å². The molecule has 4 saturated carbocycles. The smallest absolute Gasteiger partial charge is 0.153 e. The molecule has 0 aromatic carbocycles. The van der Waals surface area contributed by atoms with Crippen molar-refractivity contribution in [3.05, 3.63) is 0 Å². The molecule has 4 aliphatic carbocycles. The monoisotopic (exact) mass is 346 g/mol. The molecule has 0 spiro atoms. The molecule has 0 N–H and O–H groups in total. The fourth-order valence-corrected chi connectivity index (χ4v) is 7.60. The summed E-state index contributed by atoms with van der Waals surface area (Å²) >= 11 is 7.38. The van der Waals surface area contributed by atoms with Crippen molar-refractivity contribution in [3.63, 3.8) is 0 Å². The Bertz CT molecular complexity index is 397. The molecular weight excluding hydrogens is 336 g/mol. The van der Waals surface area contributed by atoms with Gasteiger partial charge in [0.15, 0.2) is 11.6 Å². The molecule has 6 atom stereocenters. The lowest BCUT2D eigenvalue weighted by atomic mass is 9.89. The Morgan fingerprint density at radius 2 is 1.38 bits per heavy atom. The summed E-state index contributed by atoms with van der Waals surface area (Å²) in [7, 11) is 0. The molecular formula is C12H12Br2O2. The number of hydrogen-bond acceptors (Lipinski definition) is 2. The van der Waals surface area contributed by atoms with Gasteiger partial charge in [0.25, 0.3) is 0 Å². The van der Waals surface area contributed by atoms with Gasteiger partial charge in [-0.1, -0.05) is 31.9 Å². The van der Waals surface area contributed by atoms with Crippen LogP contribution in [0.1, 0.15) is 25.7 Å². The zero-order valence-corrected chi connectivity index (χ0v) is 11.9. The molecule has 0 saturated heterocycles. The molecule has 86 valence electrons. The summed E-state index contributed by atoms with van der Waals surface area (Å²) < 4.78 is -0.757.